The Morgan fingerprint density at radius 1 is 1.20 bits per heavy atom. The summed E-state index contributed by atoms with van der Waals surface area (Å²) in [6.07, 6.45) is 1.89. The SMILES string of the molecule is CCC(CC)N(CCOC)C(=O)c1cc(Br)cc(Br)c1. The van der Waals surface area contributed by atoms with Crippen molar-refractivity contribution in [3.63, 3.8) is 0 Å². The van der Waals surface area contributed by atoms with Gasteiger partial charge >= 0.3 is 0 Å². The van der Waals surface area contributed by atoms with E-state index in [-0.39, 0.29) is 11.9 Å². The standard InChI is InChI=1S/C15H21Br2NO2/c1-4-14(5-2)18(6-7-20-3)15(19)11-8-12(16)10-13(17)9-11/h8-10,14H,4-7H2,1-3H3. The maximum atomic E-state index is 12.7. The van der Waals surface area contributed by atoms with Crippen LogP contribution in [0.5, 0.6) is 0 Å². The fourth-order valence-electron chi connectivity index (χ4n) is 2.21. The first-order valence-corrected chi connectivity index (χ1v) is 8.38. The van der Waals surface area contributed by atoms with Gasteiger partial charge in [-0.3, -0.25) is 4.79 Å². The van der Waals surface area contributed by atoms with Gasteiger partial charge in [-0.05, 0) is 31.0 Å². The van der Waals surface area contributed by atoms with Crippen molar-refractivity contribution in [1.82, 2.24) is 4.90 Å². The van der Waals surface area contributed by atoms with E-state index >= 15 is 0 Å². The molecule has 0 saturated heterocycles. The van der Waals surface area contributed by atoms with E-state index in [1.807, 2.05) is 23.1 Å². The number of benzene rings is 1. The highest BCUT2D eigenvalue weighted by atomic mass is 79.9. The molecule has 0 unspecified atom stereocenters. The highest BCUT2D eigenvalue weighted by Crippen LogP contribution is 2.22. The Kier molecular flexibility index (Phi) is 7.77. The van der Waals surface area contributed by atoms with Crippen LogP contribution in [0.25, 0.3) is 0 Å². The molecule has 0 atom stereocenters. The zero-order valence-electron chi connectivity index (χ0n) is 12.2. The van der Waals surface area contributed by atoms with Gasteiger partial charge in [-0.25, -0.2) is 0 Å². The Balaban J connectivity index is 3.02. The number of ether oxygens (including phenoxy) is 1. The summed E-state index contributed by atoms with van der Waals surface area (Å²) in [7, 11) is 1.66. The molecule has 0 heterocycles. The van der Waals surface area contributed by atoms with Gasteiger partial charge in [-0.1, -0.05) is 45.7 Å². The van der Waals surface area contributed by atoms with Crippen molar-refractivity contribution in [2.45, 2.75) is 32.7 Å². The van der Waals surface area contributed by atoms with Crippen molar-refractivity contribution in [1.29, 1.82) is 0 Å². The van der Waals surface area contributed by atoms with E-state index in [0.717, 1.165) is 21.8 Å². The van der Waals surface area contributed by atoms with Gasteiger partial charge in [0.2, 0.25) is 0 Å². The van der Waals surface area contributed by atoms with Gasteiger partial charge < -0.3 is 9.64 Å². The van der Waals surface area contributed by atoms with Crippen LogP contribution >= 0.6 is 31.9 Å². The molecule has 0 aliphatic carbocycles. The van der Waals surface area contributed by atoms with Crippen LogP contribution in [0.3, 0.4) is 0 Å². The lowest BCUT2D eigenvalue weighted by Crippen LogP contribution is -2.41. The third kappa shape index (κ3) is 4.86. The molecule has 20 heavy (non-hydrogen) atoms. The fourth-order valence-corrected chi connectivity index (χ4v) is 3.51. The van der Waals surface area contributed by atoms with Crippen LogP contribution in [-0.2, 0) is 4.74 Å². The van der Waals surface area contributed by atoms with Crippen LogP contribution in [0, 0.1) is 0 Å². The van der Waals surface area contributed by atoms with Crippen LogP contribution in [0.2, 0.25) is 0 Å². The molecular formula is C15H21Br2NO2. The average Bonchev–Trinajstić information content (AvgIpc) is 2.41. The summed E-state index contributed by atoms with van der Waals surface area (Å²) in [6.45, 7) is 5.39. The molecular weight excluding hydrogens is 386 g/mol. The monoisotopic (exact) mass is 405 g/mol. The van der Waals surface area contributed by atoms with Crippen LogP contribution in [0.1, 0.15) is 37.0 Å². The number of rotatable bonds is 7. The summed E-state index contributed by atoms with van der Waals surface area (Å²) in [5.74, 6) is 0.0535. The largest absolute Gasteiger partial charge is 0.383 e. The normalized spacial score (nSPS) is 10.9. The highest BCUT2D eigenvalue weighted by Gasteiger charge is 2.22. The number of carbonyl (C=O) groups is 1. The lowest BCUT2D eigenvalue weighted by molar-refractivity contribution is 0.0589. The lowest BCUT2D eigenvalue weighted by atomic mass is 10.1. The van der Waals surface area contributed by atoms with Crippen LogP contribution < -0.4 is 0 Å². The lowest BCUT2D eigenvalue weighted by Gasteiger charge is -2.30. The number of nitrogens with zero attached hydrogens (tertiary/aromatic N) is 1. The van der Waals surface area contributed by atoms with Gasteiger partial charge in [0.1, 0.15) is 0 Å². The minimum atomic E-state index is 0.0535. The molecule has 1 amide bonds. The van der Waals surface area contributed by atoms with Crippen LogP contribution in [0.15, 0.2) is 27.1 Å². The van der Waals surface area contributed by atoms with Gasteiger partial charge in [-0.15, -0.1) is 0 Å². The van der Waals surface area contributed by atoms with E-state index in [1.165, 1.54) is 0 Å². The third-order valence-electron chi connectivity index (χ3n) is 3.29. The predicted octanol–water partition coefficient (Wildman–Crippen LogP) is 4.49. The van der Waals surface area contributed by atoms with E-state index in [0.29, 0.717) is 18.7 Å². The van der Waals surface area contributed by atoms with E-state index in [9.17, 15) is 4.79 Å². The number of carbonyl (C=O) groups excluding carboxylic acids is 1. The zero-order valence-corrected chi connectivity index (χ0v) is 15.3. The molecule has 0 radical (unpaired) electrons. The third-order valence-corrected chi connectivity index (χ3v) is 4.21. The first-order chi connectivity index (χ1) is 9.53. The fraction of sp³-hybridized carbons (Fsp3) is 0.533. The van der Waals surface area contributed by atoms with Crippen LogP contribution in [0.4, 0.5) is 0 Å². The summed E-state index contributed by atoms with van der Waals surface area (Å²) in [5.41, 5.74) is 0.689. The molecule has 0 fully saturated rings. The Bertz CT molecular complexity index is 427. The van der Waals surface area contributed by atoms with Crippen molar-refractivity contribution < 1.29 is 9.53 Å². The quantitative estimate of drug-likeness (QED) is 0.667. The predicted molar refractivity (Wildman–Crippen MR) is 89.1 cm³/mol. The second-order valence-electron chi connectivity index (χ2n) is 4.62. The van der Waals surface area contributed by atoms with E-state index in [2.05, 4.69) is 45.7 Å². The second kappa shape index (κ2) is 8.80. The molecule has 0 saturated carbocycles. The van der Waals surface area contributed by atoms with Gasteiger partial charge in [0.05, 0.1) is 6.61 Å². The van der Waals surface area contributed by atoms with Gasteiger partial charge in [-0.2, -0.15) is 0 Å². The number of hydrogen-bond donors (Lipinski definition) is 0. The summed E-state index contributed by atoms with van der Waals surface area (Å²) in [5, 5.41) is 0. The first kappa shape index (κ1) is 17.7. The summed E-state index contributed by atoms with van der Waals surface area (Å²) < 4.78 is 6.92. The highest BCUT2D eigenvalue weighted by molar-refractivity contribution is 9.11. The van der Waals surface area contributed by atoms with Crippen molar-refractivity contribution in [2.75, 3.05) is 20.3 Å². The van der Waals surface area contributed by atoms with E-state index in [4.69, 9.17) is 4.74 Å². The van der Waals surface area contributed by atoms with Crippen molar-refractivity contribution in [3.8, 4) is 0 Å². The summed E-state index contributed by atoms with van der Waals surface area (Å²) >= 11 is 6.86. The molecule has 0 aliphatic heterocycles. The Morgan fingerprint density at radius 3 is 2.20 bits per heavy atom. The molecule has 0 aromatic heterocycles. The molecule has 0 spiro atoms. The Labute approximate surface area is 137 Å². The molecule has 112 valence electrons. The zero-order chi connectivity index (χ0) is 15.1. The Morgan fingerprint density at radius 2 is 1.75 bits per heavy atom. The Hall–Kier alpha value is -0.390. The van der Waals surface area contributed by atoms with Crippen molar-refractivity contribution >= 4 is 37.8 Å². The number of halogens is 2. The molecule has 1 aromatic carbocycles. The van der Waals surface area contributed by atoms with Crippen molar-refractivity contribution in [2.24, 2.45) is 0 Å². The minimum absolute atomic E-state index is 0.0535. The number of amides is 1. The van der Waals surface area contributed by atoms with Crippen LogP contribution in [-0.4, -0.2) is 37.1 Å². The average molecular weight is 407 g/mol. The summed E-state index contributed by atoms with van der Waals surface area (Å²) in [6, 6.07) is 5.88. The van der Waals surface area contributed by atoms with E-state index < -0.39 is 0 Å². The molecule has 3 nitrogen and oxygen atoms in total. The van der Waals surface area contributed by atoms with Crippen molar-refractivity contribution in [3.05, 3.63) is 32.7 Å². The molecule has 0 N–H and O–H groups in total. The second-order valence-corrected chi connectivity index (χ2v) is 6.45. The number of hydrogen-bond acceptors (Lipinski definition) is 2. The molecule has 5 heteroatoms. The molecule has 1 aromatic rings. The van der Waals surface area contributed by atoms with E-state index in [1.54, 1.807) is 7.11 Å². The molecule has 0 aliphatic rings. The van der Waals surface area contributed by atoms with Gasteiger partial charge in [0, 0.05) is 34.2 Å². The maximum Gasteiger partial charge on any atom is 0.254 e. The summed E-state index contributed by atoms with van der Waals surface area (Å²) in [4.78, 5) is 14.7. The minimum Gasteiger partial charge on any atom is -0.383 e. The number of methoxy groups -OCH3 is 1. The first-order valence-electron chi connectivity index (χ1n) is 6.79. The molecule has 1 rings (SSSR count). The smallest absolute Gasteiger partial charge is 0.254 e. The molecule has 0 bridgehead atoms. The van der Waals surface area contributed by atoms with Gasteiger partial charge in [0.15, 0.2) is 0 Å². The van der Waals surface area contributed by atoms with Gasteiger partial charge in [0.25, 0.3) is 5.91 Å². The topological polar surface area (TPSA) is 29.5 Å². The maximum absolute atomic E-state index is 12.7.